The highest BCUT2D eigenvalue weighted by atomic mass is 35.5. The highest BCUT2D eigenvalue weighted by molar-refractivity contribution is 6.59. The molecule has 0 aliphatic carbocycles. The largest absolute Gasteiger partial charge is 0.127 e. The molecule has 0 aliphatic rings. The molecule has 0 aliphatic heterocycles. The van der Waals surface area contributed by atoms with Crippen LogP contribution in [0.15, 0.2) is 9.52 Å². The Labute approximate surface area is 74.7 Å². The van der Waals surface area contributed by atoms with Gasteiger partial charge in [0.05, 0.1) is 0 Å². The molecule has 0 heterocycles. The fraction of sp³-hybridized carbons (Fsp3) is 0.600. The quantitative estimate of drug-likeness (QED) is 0.617. The lowest BCUT2D eigenvalue weighted by Crippen LogP contribution is -1.76. The van der Waals surface area contributed by atoms with E-state index in [9.17, 15) is 0 Å². The van der Waals surface area contributed by atoms with Crippen LogP contribution in [0.25, 0.3) is 0 Å². The highest BCUT2D eigenvalue weighted by Crippen LogP contribution is 2.21. The molecule has 9 heavy (non-hydrogen) atoms. The molecule has 4 heteroatoms. The van der Waals surface area contributed by atoms with Gasteiger partial charge >= 0.3 is 0 Å². The minimum absolute atomic E-state index is 0.141. The van der Waals surface area contributed by atoms with Gasteiger partial charge in [-0.2, -0.15) is 0 Å². The molecule has 0 fully saturated rings. The standard InChI is InChI=1S/C5H6Cl4/c6-3-1-2-4(7)5(8)9/h1-3H2. The van der Waals surface area contributed by atoms with Gasteiger partial charge in [0.25, 0.3) is 0 Å². The Morgan fingerprint density at radius 1 is 1.11 bits per heavy atom. The molecule has 0 aromatic carbocycles. The first kappa shape index (κ1) is 9.90. The molecule has 0 aromatic rings. The van der Waals surface area contributed by atoms with E-state index in [0.29, 0.717) is 17.3 Å². The second-order valence-corrected chi connectivity index (χ2v) is 3.24. The van der Waals surface area contributed by atoms with Gasteiger partial charge in [-0.1, -0.05) is 34.8 Å². The molecule has 0 radical (unpaired) electrons. The molecule has 0 rings (SSSR count). The molecule has 0 bridgehead atoms. The van der Waals surface area contributed by atoms with E-state index in [1.807, 2.05) is 0 Å². The van der Waals surface area contributed by atoms with Crippen molar-refractivity contribution in [1.29, 1.82) is 0 Å². The Hall–Kier alpha value is 0.900. The van der Waals surface area contributed by atoms with Crippen molar-refractivity contribution in [2.24, 2.45) is 0 Å². The van der Waals surface area contributed by atoms with Crippen LogP contribution in [0.5, 0.6) is 0 Å². The van der Waals surface area contributed by atoms with Crippen LogP contribution in [0, 0.1) is 0 Å². The van der Waals surface area contributed by atoms with Crippen molar-refractivity contribution in [3.63, 3.8) is 0 Å². The number of allylic oxidation sites excluding steroid dienone is 1. The second-order valence-electron chi connectivity index (χ2n) is 1.46. The Balaban J connectivity index is 3.50. The van der Waals surface area contributed by atoms with Gasteiger partial charge in [-0.05, 0) is 12.8 Å². The van der Waals surface area contributed by atoms with Gasteiger partial charge in [0.2, 0.25) is 0 Å². The van der Waals surface area contributed by atoms with Crippen LogP contribution >= 0.6 is 46.4 Å². The molecule has 0 N–H and O–H groups in total. The number of hydrogen-bond acceptors (Lipinski definition) is 0. The summed E-state index contributed by atoms with van der Waals surface area (Å²) in [6, 6.07) is 0. The first-order valence-corrected chi connectivity index (χ1v) is 4.11. The normalized spacial score (nSPS) is 9.33. The lowest BCUT2D eigenvalue weighted by atomic mass is 10.3. The van der Waals surface area contributed by atoms with Gasteiger partial charge in [0.15, 0.2) is 0 Å². The van der Waals surface area contributed by atoms with E-state index in [4.69, 9.17) is 46.4 Å². The van der Waals surface area contributed by atoms with E-state index in [1.54, 1.807) is 0 Å². The predicted molar refractivity (Wildman–Crippen MR) is 44.5 cm³/mol. The van der Waals surface area contributed by atoms with Crippen molar-refractivity contribution in [2.75, 3.05) is 5.88 Å². The first-order valence-electron chi connectivity index (χ1n) is 2.44. The smallest absolute Gasteiger partial charge is 0.121 e. The summed E-state index contributed by atoms with van der Waals surface area (Å²) in [5.41, 5.74) is 0. The van der Waals surface area contributed by atoms with E-state index >= 15 is 0 Å². The molecule has 0 saturated heterocycles. The van der Waals surface area contributed by atoms with Gasteiger partial charge < -0.3 is 0 Å². The maximum atomic E-state index is 5.55. The Kier molecular flexibility index (Phi) is 6.23. The van der Waals surface area contributed by atoms with E-state index in [-0.39, 0.29) is 4.49 Å². The summed E-state index contributed by atoms with van der Waals surface area (Å²) in [6.07, 6.45) is 1.47. The lowest BCUT2D eigenvalue weighted by molar-refractivity contribution is 0.952. The van der Waals surface area contributed by atoms with E-state index in [1.165, 1.54) is 0 Å². The van der Waals surface area contributed by atoms with Crippen LogP contribution in [-0.4, -0.2) is 5.88 Å². The predicted octanol–water partition coefficient (Wildman–Crippen LogP) is 3.89. The van der Waals surface area contributed by atoms with Gasteiger partial charge in [-0.25, -0.2) is 0 Å². The average Bonchev–Trinajstić information content (AvgIpc) is 1.82. The first-order chi connectivity index (χ1) is 4.18. The zero-order valence-corrected chi connectivity index (χ0v) is 7.66. The Morgan fingerprint density at radius 3 is 2.00 bits per heavy atom. The monoisotopic (exact) mass is 206 g/mol. The second kappa shape index (κ2) is 5.67. The van der Waals surface area contributed by atoms with Crippen LogP contribution < -0.4 is 0 Å². The summed E-state index contributed by atoms with van der Waals surface area (Å²) in [5.74, 6) is 0.581. The SMILES string of the molecule is ClCCCC(Cl)=C(Cl)Cl. The molecule has 0 atom stereocenters. The molecular formula is C5H6Cl4. The Morgan fingerprint density at radius 2 is 1.67 bits per heavy atom. The molecule has 54 valence electrons. The maximum absolute atomic E-state index is 5.55. The van der Waals surface area contributed by atoms with Crippen LogP contribution in [-0.2, 0) is 0 Å². The summed E-state index contributed by atoms with van der Waals surface area (Å²) in [7, 11) is 0. The number of alkyl halides is 1. The van der Waals surface area contributed by atoms with Crippen LogP contribution in [0.2, 0.25) is 0 Å². The zero-order valence-electron chi connectivity index (χ0n) is 4.63. The molecule has 0 saturated carbocycles. The number of halogens is 4. The third kappa shape index (κ3) is 5.35. The number of hydrogen-bond donors (Lipinski definition) is 0. The van der Waals surface area contributed by atoms with Crippen LogP contribution in [0.1, 0.15) is 12.8 Å². The third-order valence-electron chi connectivity index (χ3n) is 0.735. The summed E-state index contributed by atoms with van der Waals surface area (Å²) < 4.78 is 0.141. The fourth-order valence-electron chi connectivity index (χ4n) is 0.317. The van der Waals surface area contributed by atoms with E-state index in [2.05, 4.69) is 0 Å². The summed E-state index contributed by atoms with van der Waals surface area (Å²) >= 11 is 21.6. The molecule has 0 spiro atoms. The zero-order chi connectivity index (χ0) is 7.28. The van der Waals surface area contributed by atoms with Gasteiger partial charge in [0, 0.05) is 10.9 Å². The Bertz CT molecular complexity index is 104. The molecule has 0 amide bonds. The maximum Gasteiger partial charge on any atom is 0.121 e. The van der Waals surface area contributed by atoms with Crippen molar-refractivity contribution in [3.05, 3.63) is 9.52 Å². The third-order valence-corrected chi connectivity index (χ3v) is 2.03. The molecule has 0 unspecified atom stereocenters. The molecule has 0 aromatic heterocycles. The van der Waals surface area contributed by atoms with Crippen LogP contribution in [0.4, 0.5) is 0 Å². The van der Waals surface area contributed by atoms with Gasteiger partial charge in [-0.15, -0.1) is 11.6 Å². The fourth-order valence-corrected chi connectivity index (χ4v) is 0.773. The van der Waals surface area contributed by atoms with E-state index in [0.717, 1.165) is 6.42 Å². The van der Waals surface area contributed by atoms with E-state index < -0.39 is 0 Å². The van der Waals surface area contributed by atoms with Crippen molar-refractivity contribution in [3.8, 4) is 0 Å². The van der Waals surface area contributed by atoms with Crippen molar-refractivity contribution < 1.29 is 0 Å². The van der Waals surface area contributed by atoms with Crippen LogP contribution in [0.3, 0.4) is 0 Å². The minimum atomic E-state index is 0.141. The van der Waals surface area contributed by atoms with Gasteiger partial charge in [0.1, 0.15) is 4.49 Å². The summed E-state index contributed by atoms with van der Waals surface area (Å²) in [4.78, 5) is 0. The number of rotatable bonds is 3. The summed E-state index contributed by atoms with van der Waals surface area (Å²) in [5, 5.41) is 0.485. The highest BCUT2D eigenvalue weighted by Gasteiger charge is 1.96. The topological polar surface area (TPSA) is 0 Å². The van der Waals surface area contributed by atoms with Crippen molar-refractivity contribution >= 4 is 46.4 Å². The molecule has 0 nitrogen and oxygen atoms in total. The summed E-state index contributed by atoms with van der Waals surface area (Å²) in [6.45, 7) is 0. The minimum Gasteiger partial charge on any atom is -0.127 e. The average molecular weight is 208 g/mol. The molecular weight excluding hydrogens is 202 g/mol. The van der Waals surface area contributed by atoms with Crippen molar-refractivity contribution in [2.45, 2.75) is 12.8 Å². The lowest BCUT2D eigenvalue weighted by Gasteiger charge is -1.93. The van der Waals surface area contributed by atoms with Crippen molar-refractivity contribution in [1.82, 2.24) is 0 Å². The van der Waals surface area contributed by atoms with Gasteiger partial charge in [-0.3, -0.25) is 0 Å².